The van der Waals surface area contributed by atoms with E-state index in [4.69, 9.17) is 5.11 Å². The number of halogens is 1. The first-order valence-corrected chi connectivity index (χ1v) is 5.92. The van der Waals surface area contributed by atoms with Gasteiger partial charge in [0.25, 0.3) is 0 Å². The molecule has 2 heterocycles. The lowest BCUT2D eigenvalue weighted by Gasteiger charge is -2.04. The normalized spacial score (nSPS) is 10.7. The minimum absolute atomic E-state index is 0.289. The lowest BCUT2D eigenvalue weighted by atomic mass is 10.3. The van der Waals surface area contributed by atoms with Gasteiger partial charge in [0, 0.05) is 38.6 Å². The minimum Gasteiger partial charge on any atom is -0.478 e. The molecular weight excluding hydrogens is 286 g/mol. The number of carboxylic acids is 1. The van der Waals surface area contributed by atoms with Crippen LogP contribution in [0.5, 0.6) is 0 Å². The summed E-state index contributed by atoms with van der Waals surface area (Å²) in [6.45, 7) is 0.693. The molecule has 0 radical (unpaired) electrons. The zero-order valence-electron chi connectivity index (χ0n) is 9.30. The zero-order valence-corrected chi connectivity index (χ0v) is 10.9. The molecule has 2 rings (SSSR count). The van der Waals surface area contributed by atoms with Gasteiger partial charge in [-0.25, -0.2) is 9.78 Å². The Morgan fingerprint density at radius 2 is 2.35 bits per heavy atom. The molecule has 0 aliphatic rings. The molecule has 0 saturated heterocycles. The van der Waals surface area contributed by atoms with Crippen LogP contribution in [0.4, 0.5) is 0 Å². The Hall–Kier alpha value is -1.56. The molecule has 0 atom stereocenters. The number of aromatic nitrogens is 3. The van der Waals surface area contributed by atoms with Crippen LogP contribution in [-0.2, 0) is 20.0 Å². The number of rotatable bonds is 4. The van der Waals surface area contributed by atoms with Crippen molar-refractivity contribution in [3.63, 3.8) is 0 Å². The van der Waals surface area contributed by atoms with Crippen molar-refractivity contribution in [3.8, 4) is 0 Å². The number of nitrogens with zero attached hydrogens (tertiary/aromatic N) is 3. The summed E-state index contributed by atoms with van der Waals surface area (Å²) in [5, 5.41) is 8.87. The van der Waals surface area contributed by atoms with Crippen molar-refractivity contribution in [2.24, 2.45) is 7.05 Å². The summed E-state index contributed by atoms with van der Waals surface area (Å²) in [6.07, 6.45) is 6.02. The molecule has 0 aliphatic heterocycles. The molecule has 0 aliphatic carbocycles. The largest absolute Gasteiger partial charge is 0.478 e. The summed E-state index contributed by atoms with van der Waals surface area (Å²) in [5.74, 6) is 0.0592. The van der Waals surface area contributed by atoms with E-state index in [0.717, 1.165) is 16.8 Å². The van der Waals surface area contributed by atoms with E-state index in [-0.39, 0.29) is 5.56 Å². The molecule has 0 bridgehead atoms. The number of hydrogen-bond donors (Lipinski definition) is 1. The van der Waals surface area contributed by atoms with E-state index >= 15 is 0 Å². The zero-order chi connectivity index (χ0) is 12.4. The van der Waals surface area contributed by atoms with Crippen LogP contribution < -0.4 is 0 Å². The van der Waals surface area contributed by atoms with E-state index in [9.17, 15) is 4.79 Å². The van der Waals surface area contributed by atoms with Gasteiger partial charge in [0.2, 0.25) is 0 Å². The summed E-state index contributed by atoms with van der Waals surface area (Å²) in [6, 6.07) is 1.60. The van der Waals surface area contributed by atoms with Crippen LogP contribution in [0.2, 0.25) is 0 Å². The summed E-state index contributed by atoms with van der Waals surface area (Å²) < 4.78 is 4.58. The van der Waals surface area contributed by atoms with Crippen molar-refractivity contribution in [2.45, 2.75) is 13.0 Å². The molecule has 6 heteroatoms. The third kappa shape index (κ3) is 2.58. The van der Waals surface area contributed by atoms with Crippen molar-refractivity contribution < 1.29 is 9.90 Å². The third-order valence-electron chi connectivity index (χ3n) is 2.59. The highest BCUT2D eigenvalue weighted by molar-refractivity contribution is 9.10. The van der Waals surface area contributed by atoms with Crippen LogP contribution in [0.3, 0.4) is 0 Å². The smallest absolute Gasteiger partial charge is 0.337 e. The molecule has 0 fully saturated rings. The number of imidazole rings is 1. The van der Waals surface area contributed by atoms with Gasteiger partial charge < -0.3 is 14.2 Å². The summed E-state index contributed by atoms with van der Waals surface area (Å²) in [5.41, 5.74) is 0.289. The fourth-order valence-corrected chi connectivity index (χ4v) is 2.15. The Kier molecular flexibility index (Phi) is 3.33. The number of carbonyl (C=O) groups is 1. The maximum atomic E-state index is 10.8. The van der Waals surface area contributed by atoms with Gasteiger partial charge >= 0.3 is 5.97 Å². The standard InChI is InChI=1S/C11H12BrN3O2/c1-14-5-3-13-10(14)2-4-15-7-8(11(16)17)6-9(15)12/h3,5-7H,2,4H2,1H3,(H,16,17). The van der Waals surface area contributed by atoms with Crippen LogP contribution in [0.1, 0.15) is 16.2 Å². The van der Waals surface area contributed by atoms with Crippen molar-refractivity contribution in [1.82, 2.24) is 14.1 Å². The molecule has 0 aromatic carbocycles. The molecule has 2 aromatic rings. The van der Waals surface area contributed by atoms with E-state index in [0.29, 0.717) is 6.54 Å². The number of carboxylic acid groups (broad SMARTS) is 1. The highest BCUT2D eigenvalue weighted by Crippen LogP contribution is 2.16. The van der Waals surface area contributed by atoms with Gasteiger partial charge in [0.15, 0.2) is 0 Å². The monoisotopic (exact) mass is 297 g/mol. The first kappa shape index (κ1) is 11.9. The fraction of sp³-hybridized carbons (Fsp3) is 0.273. The minimum atomic E-state index is -0.915. The van der Waals surface area contributed by atoms with Gasteiger partial charge in [-0.15, -0.1) is 0 Å². The van der Waals surface area contributed by atoms with E-state index < -0.39 is 5.97 Å². The van der Waals surface area contributed by atoms with Crippen molar-refractivity contribution in [3.05, 3.63) is 40.6 Å². The molecule has 0 amide bonds. The predicted octanol–water partition coefficient (Wildman–Crippen LogP) is 1.93. The van der Waals surface area contributed by atoms with E-state index in [1.54, 1.807) is 18.5 Å². The molecule has 1 N–H and O–H groups in total. The SMILES string of the molecule is Cn1ccnc1CCn1cc(C(=O)O)cc1Br. The van der Waals surface area contributed by atoms with Crippen LogP contribution in [0.25, 0.3) is 0 Å². The molecule has 17 heavy (non-hydrogen) atoms. The average molecular weight is 298 g/mol. The molecule has 5 nitrogen and oxygen atoms in total. The summed E-state index contributed by atoms with van der Waals surface area (Å²) >= 11 is 3.34. The van der Waals surface area contributed by atoms with Crippen molar-refractivity contribution in [2.75, 3.05) is 0 Å². The van der Waals surface area contributed by atoms with E-state index in [1.165, 1.54) is 0 Å². The van der Waals surface area contributed by atoms with Crippen LogP contribution in [0.15, 0.2) is 29.3 Å². The lowest BCUT2D eigenvalue weighted by molar-refractivity contribution is 0.0697. The van der Waals surface area contributed by atoms with Gasteiger partial charge in [-0.3, -0.25) is 0 Å². The molecule has 0 unspecified atom stereocenters. The van der Waals surface area contributed by atoms with E-state index in [2.05, 4.69) is 20.9 Å². The predicted molar refractivity (Wildman–Crippen MR) is 66.0 cm³/mol. The van der Waals surface area contributed by atoms with Crippen molar-refractivity contribution in [1.29, 1.82) is 0 Å². The fourth-order valence-electron chi connectivity index (χ4n) is 1.62. The van der Waals surface area contributed by atoms with Gasteiger partial charge in [-0.2, -0.15) is 0 Å². The molecule has 0 spiro atoms. The van der Waals surface area contributed by atoms with Crippen molar-refractivity contribution >= 4 is 21.9 Å². The Labute approximate surface area is 107 Å². The van der Waals surface area contributed by atoms with Gasteiger partial charge in [0.05, 0.1) is 10.2 Å². The van der Waals surface area contributed by atoms with Crippen LogP contribution in [-0.4, -0.2) is 25.2 Å². The second-order valence-electron chi connectivity index (χ2n) is 3.75. The second-order valence-corrected chi connectivity index (χ2v) is 4.57. The first-order valence-electron chi connectivity index (χ1n) is 5.13. The van der Waals surface area contributed by atoms with Crippen LogP contribution >= 0.6 is 15.9 Å². The summed E-state index contributed by atoms with van der Waals surface area (Å²) in [4.78, 5) is 15.0. The molecular formula is C11H12BrN3O2. The Bertz CT molecular complexity index is 545. The average Bonchev–Trinajstić information content (AvgIpc) is 2.82. The van der Waals surface area contributed by atoms with Crippen LogP contribution in [0, 0.1) is 0 Å². The molecule has 0 saturated carbocycles. The Morgan fingerprint density at radius 3 is 2.88 bits per heavy atom. The topological polar surface area (TPSA) is 60.0 Å². The van der Waals surface area contributed by atoms with Gasteiger partial charge in [-0.05, 0) is 22.0 Å². The Balaban J connectivity index is 2.09. The molecule has 90 valence electrons. The number of aryl methyl sites for hydroxylation is 3. The van der Waals surface area contributed by atoms with Gasteiger partial charge in [0.1, 0.15) is 5.82 Å². The number of aromatic carboxylic acids is 1. The third-order valence-corrected chi connectivity index (χ3v) is 3.27. The second kappa shape index (κ2) is 4.75. The first-order chi connectivity index (χ1) is 8.08. The maximum absolute atomic E-state index is 10.8. The highest BCUT2D eigenvalue weighted by Gasteiger charge is 2.09. The quantitative estimate of drug-likeness (QED) is 0.938. The number of hydrogen-bond acceptors (Lipinski definition) is 2. The highest BCUT2D eigenvalue weighted by atomic mass is 79.9. The Morgan fingerprint density at radius 1 is 1.59 bits per heavy atom. The maximum Gasteiger partial charge on any atom is 0.337 e. The van der Waals surface area contributed by atoms with Gasteiger partial charge in [-0.1, -0.05) is 0 Å². The summed E-state index contributed by atoms with van der Waals surface area (Å²) in [7, 11) is 1.94. The molecule has 2 aromatic heterocycles. The lowest BCUT2D eigenvalue weighted by Crippen LogP contribution is -2.05. The van der Waals surface area contributed by atoms with E-state index in [1.807, 2.05) is 22.4 Å².